The first kappa shape index (κ1) is 23.3. The van der Waals surface area contributed by atoms with E-state index in [-0.39, 0.29) is 23.4 Å². The fraction of sp³-hybridized carbons (Fsp3) is 0.320. The second-order valence-corrected chi connectivity index (χ2v) is 9.14. The summed E-state index contributed by atoms with van der Waals surface area (Å²) in [6.45, 7) is 0.130. The summed E-state index contributed by atoms with van der Waals surface area (Å²) < 4.78 is 29.0. The summed E-state index contributed by atoms with van der Waals surface area (Å²) in [5.41, 5.74) is 9.71. The number of hydrogen-bond donors (Lipinski definition) is 1. The molecule has 1 aromatic carbocycles. The van der Waals surface area contributed by atoms with Gasteiger partial charge in [0.25, 0.3) is 0 Å². The van der Waals surface area contributed by atoms with E-state index in [4.69, 9.17) is 26.8 Å². The maximum Gasteiger partial charge on any atom is 0.188 e. The van der Waals surface area contributed by atoms with Gasteiger partial charge in [-0.2, -0.15) is 10.2 Å². The predicted octanol–water partition coefficient (Wildman–Crippen LogP) is 5.09. The fourth-order valence-electron chi connectivity index (χ4n) is 4.25. The van der Waals surface area contributed by atoms with Crippen LogP contribution in [0.1, 0.15) is 31.0 Å². The number of methoxy groups -OCH3 is 1. The van der Waals surface area contributed by atoms with Crippen LogP contribution in [0.15, 0.2) is 49.1 Å². The number of hydrogen-bond acceptors (Lipinski definition) is 6. The number of anilines is 1. The topological polar surface area (TPSA) is 93.0 Å². The Bertz CT molecular complexity index is 1330. The van der Waals surface area contributed by atoms with Crippen LogP contribution in [0.5, 0.6) is 5.75 Å². The summed E-state index contributed by atoms with van der Waals surface area (Å²) in [6, 6.07) is 6.71. The second-order valence-electron chi connectivity index (χ2n) is 8.73. The maximum atomic E-state index is 14.7. The SMILES string of the molecule is COCOc1cnn(C)c1-c1cnn(C(CC2CC2)c2ccc(-c3c(N)ccc(Cl)c3F)cn2)c1. The van der Waals surface area contributed by atoms with Crippen LogP contribution in [0.25, 0.3) is 22.4 Å². The molecule has 1 aliphatic carbocycles. The number of nitrogens with two attached hydrogens (primary N) is 1. The van der Waals surface area contributed by atoms with Crippen LogP contribution in [-0.2, 0) is 11.8 Å². The highest BCUT2D eigenvalue weighted by molar-refractivity contribution is 6.31. The van der Waals surface area contributed by atoms with E-state index in [0.29, 0.717) is 22.9 Å². The van der Waals surface area contributed by atoms with Gasteiger partial charge in [0.05, 0.1) is 29.2 Å². The average Bonchev–Trinajstić information content (AvgIpc) is 3.43. The third-order valence-electron chi connectivity index (χ3n) is 6.23. The first-order chi connectivity index (χ1) is 17.0. The molecule has 5 rings (SSSR count). The molecule has 2 N–H and O–H groups in total. The van der Waals surface area contributed by atoms with Crippen molar-refractivity contribution in [2.45, 2.75) is 25.3 Å². The Morgan fingerprint density at radius 2 is 1.97 bits per heavy atom. The predicted molar refractivity (Wildman–Crippen MR) is 131 cm³/mol. The largest absolute Gasteiger partial charge is 0.464 e. The first-order valence-corrected chi connectivity index (χ1v) is 11.7. The summed E-state index contributed by atoms with van der Waals surface area (Å²) >= 11 is 5.97. The van der Waals surface area contributed by atoms with Crippen LogP contribution in [0.3, 0.4) is 0 Å². The van der Waals surface area contributed by atoms with E-state index < -0.39 is 5.82 Å². The molecule has 1 atom stereocenters. The molecule has 1 aliphatic rings. The van der Waals surface area contributed by atoms with Crippen molar-refractivity contribution in [1.29, 1.82) is 0 Å². The van der Waals surface area contributed by atoms with E-state index in [1.165, 1.54) is 18.9 Å². The van der Waals surface area contributed by atoms with E-state index in [9.17, 15) is 4.39 Å². The molecule has 0 saturated heterocycles. The van der Waals surface area contributed by atoms with Gasteiger partial charge in [-0.05, 0) is 30.5 Å². The number of nitrogen functional groups attached to an aromatic ring is 1. The molecule has 10 heteroatoms. The van der Waals surface area contributed by atoms with Crippen LogP contribution in [0.4, 0.5) is 10.1 Å². The van der Waals surface area contributed by atoms with Crippen molar-refractivity contribution >= 4 is 17.3 Å². The van der Waals surface area contributed by atoms with Gasteiger partial charge in [-0.3, -0.25) is 14.3 Å². The van der Waals surface area contributed by atoms with Crippen LogP contribution >= 0.6 is 11.6 Å². The van der Waals surface area contributed by atoms with E-state index in [2.05, 4.69) is 15.2 Å². The lowest BCUT2D eigenvalue weighted by atomic mass is 10.0. The molecule has 4 aromatic rings. The molecule has 182 valence electrons. The van der Waals surface area contributed by atoms with Crippen LogP contribution in [-0.4, -0.2) is 38.4 Å². The number of nitrogens with zero attached hydrogens (tertiary/aromatic N) is 5. The van der Waals surface area contributed by atoms with E-state index in [1.807, 2.05) is 30.1 Å². The smallest absolute Gasteiger partial charge is 0.188 e. The van der Waals surface area contributed by atoms with Gasteiger partial charge < -0.3 is 15.2 Å². The highest BCUT2D eigenvalue weighted by atomic mass is 35.5. The number of rotatable bonds is 9. The van der Waals surface area contributed by atoms with E-state index in [0.717, 1.165) is 23.4 Å². The van der Waals surface area contributed by atoms with Gasteiger partial charge in [-0.15, -0.1) is 0 Å². The monoisotopic (exact) mass is 496 g/mol. The van der Waals surface area contributed by atoms with Gasteiger partial charge in [0.15, 0.2) is 18.4 Å². The summed E-state index contributed by atoms with van der Waals surface area (Å²) in [6.07, 6.45) is 10.4. The van der Waals surface area contributed by atoms with Gasteiger partial charge in [0, 0.05) is 48.9 Å². The molecule has 0 aliphatic heterocycles. The molecule has 8 nitrogen and oxygen atoms in total. The van der Waals surface area contributed by atoms with E-state index >= 15 is 0 Å². The Morgan fingerprint density at radius 3 is 2.69 bits per heavy atom. The maximum absolute atomic E-state index is 14.7. The standard InChI is InChI=1S/C25H26ClFN6O2/c1-32-25(22(12-30-32)35-14-34-2)17-11-31-33(13-17)21(9-15-3-4-15)20-8-5-16(10-29-20)23-19(28)7-6-18(26)24(23)27/h5-8,10-13,15,21H,3-4,9,14,28H2,1-2H3. The molecular formula is C25H26ClFN6O2. The van der Waals surface area contributed by atoms with Gasteiger partial charge in [-0.25, -0.2) is 4.39 Å². The molecule has 3 heterocycles. The van der Waals surface area contributed by atoms with Crippen molar-refractivity contribution < 1.29 is 13.9 Å². The van der Waals surface area contributed by atoms with Crippen molar-refractivity contribution in [2.24, 2.45) is 13.0 Å². The molecule has 1 unspecified atom stereocenters. The van der Waals surface area contributed by atoms with Crippen molar-refractivity contribution in [3.05, 3.63) is 65.6 Å². The molecule has 1 saturated carbocycles. The quantitative estimate of drug-likeness (QED) is 0.256. The Hall–Kier alpha value is -3.43. The third kappa shape index (κ3) is 4.74. The number of aryl methyl sites for hydroxylation is 1. The zero-order valence-electron chi connectivity index (χ0n) is 19.5. The molecule has 35 heavy (non-hydrogen) atoms. The number of benzene rings is 1. The lowest BCUT2D eigenvalue weighted by Crippen LogP contribution is -2.13. The number of aromatic nitrogens is 5. The zero-order chi connectivity index (χ0) is 24.5. The lowest BCUT2D eigenvalue weighted by Gasteiger charge is -2.18. The van der Waals surface area contributed by atoms with Crippen LogP contribution < -0.4 is 10.5 Å². The summed E-state index contributed by atoms with van der Waals surface area (Å²) in [4.78, 5) is 4.69. The van der Waals surface area contributed by atoms with Crippen LogP contribution in [0, 0.1) is 11.7 Å². The van der Waals surface area contributed by atoms with Gasteiger partial charge in [-0.1, -0.05) is 30.5 Å². The van der Waals surface area contributed by atoms with Crippen molar-refractivity contribution in [3.63, 3.8) is 0 Å². The van der Waals surface area contributed by atoms with Crippen LogP contribution in [0.2, 0.25) is 5.02 Å². The Morgan fingerprint density at radius 1 is 1.14 bits per heavy atom. The molecule has 0 amide bonds. The third-order valence-corrected chi connectivity index (χ3v) is 6.52. The Kier molecular flexibility index (Phi) is 6.44. The minimum atomic E-state index is -0.546. The summed E-state index contributed by atoms with van der Waals surface area (Å²) in [5.74, 6) is 0.707. The number of pyridine rings is 1. The molecule has 3 aromatic heterocycles. The Balaban J connectivity index is 1.46. The summed E-state index contributed by atoms with van der Waals surface area (Å²) in [5, 5.41) is 9.00. The molecular weight excluding hydrogens is 471 g/mol. The van der Waals surface area contributed by atoms with Crippen molar-refractivity contribution in [3.8, 4) is 28.1 Å². The number of ether oxygens (including phenoxy) is 2. The Labute approximate surface area is 207 Å². The second kappa shape index (κ2) is 9.67. The minimum Gasteiger partial charge on any atom is -0.464 e. The van der Waals surface area contributed by atoms with Gasteiger partial charge in [0.1, 0.15) is 5.69 Å². The normalized spacial score (nSPS) is 14.3. The molecule has 0 bridgehead atoms. The highest BCUT2D eigenvalue weighted by Crippen LogP contribution is 2.40. The minimum absolute atomic E-state index is 0.0259. The average molecular weight is 497 g/mol. The van der Waals surface area contributed by atoms with E-state index in [1.54, 1.807) is 36.4 Å². The van der Waals surface area contributed by atoms with Crippen molar-refractivity contribution in [1.82, 2.24) is 24.5 Å². The first-order valence-electron chi connectivity index (χ1n) is 11.3. The summed E-state index contributed by atoms with van der Waals surface area (Å²) in [7, 11) is 3.43. The van der Waals surface area contributed by atoms with Gasteiger partial charge in [0.2, 0.25) is 0 Å². The lowest BCUT2D eigenvalue weighted by molar-refractivity contribution is 0.0515. The fourth-order valence-corrected chi connectivity index (χ4v) is 4.41. The van der Waals surface area contributed by atoms with Crippen molar-refractivity contribution in [2.75, 3.05) is 19.6 Å². The number of halogens is 2. The molecule has 0 radical (unpaired) electrons. The van der Waals surface area contributed by atoms with Gasteiger partial charge >= 0.3 is 0 Å². The zero-order valence-corrected chi connectivity index (χ0v) is 20.2. The molecule has 0 spiro atoms. The molecule has 1 fully saturated rings. The highest BCUT2D eigenvalue weighted by Gasteiger charge is 2.29.